The van der Waals surface area contributed by atoms with Crippen LogP contribution in [0.4, 0.5) is 0 Å². The molecular formula is C30H37N7O3. The second-order valence-corrected chi connectivity index (χ2v) is 11.8. The van der Waals surface area contributed by atoms with Gasteiger partial charge in [-0.15, -0.1) is 0 Å². The number of fused-ring (bicyclic) bond motifs is 2. The lowest BCUT2D eigenvalue weighted by Gasteiger charge is -2.30. The van der Waals surface area contributed by atoms with Gasteiger partial charge in [0.25, 0.3) is 5.91 Å². The summed E-state index contributed by atoms with van der Waals surface area (Å²) in [5.41, 5.74) is 11.7. The van der Waals surface area contributed by atoms with Crippen LogP contribution in [0.1, 0.15) is 48.0 Å². The Hall–Kier alpha value is -3.47. The Morgan fingerprint density at radius 2 is 2.10 bits per heavy atom. The Kier molecular flexibility index (Phi) is 6.48. The Labute approximate surface area is 233 Å². The number of hydrogen-bond acceptors (Lipinski definition) is 7. The molecule has 0 aromatic carbocycles. The van der Waals surface area contributed by atoms with Crippen LogP contribution in [0.2, 0.25) is 0 Å². The summed E-state index contributed by atoms with van der Waals surface area (Å²) in [5.74, 6) is 1.51. The Morgan fingerprint density at radius 3 is 2.88 bits per heavy atom. The number of carbonyl (C=O) groups is 1. The van der Waals surface area contributed by atoms with Crippen LogP contribution in [0, 0.1) is 18.8 Å². The maximum absolute atomic E-state index is 13.2. The second kappa shape index (κ2) is 10.2. The Morgan fingerprint density at radius 1 is 1.23 bits per heavy atom. The van der Waals surface area contributed by atoms with Gasteiger partial charge in [-0.2, -0.15) is 5.10 Å². The normalized spacial score (nSPS) is 23.4. The van der Waals surface area contributed by atoms with E-state index in [1.54, 1.807) is 6.20 Å². The van der Waals surface area contributed by atoms with Gasteiger partial charge in [-0.1, -0.05) is 0 Å². The molecule has 6 heterocycles. The molecule has 1 amide bonds. The number of amides is 1. The zero-order valence-corrected chi connectivity index (χ0v) is 22.9. The Bertz CT molecular complexity index is 1570. The molecule has 0 bridgehead atoms. The fourth-order valence-electron chi connectivity index (χ4n) is 6.26. The molecule has 40 heavy (non-hydrogen) atoms. The van der Waals surface area contributed by atoms with Crippen LogP contribution in [0.25, 0.3) is 27.8 Å². The molecule has 2 saturated heterocycles. The highest BCUT2D eigenvalue weighted by Gasteiger charge is 2.29. The van der Waals surface area contributed by atoms with Crippen molar-refractivity contribution in [2.45, 2.75) is 57.8 Å². The van der Waals surface area contributed by atoms with E-state index in [-0.39, 0.29) is 17.9 Å². The van der Waals surface area contributed by atoms with Gasteiger partial charge in [0.1, 0.15) is 17.4 Å². The third kappa shape index (κ3) is 4.74. The first kappa shape index (κ1) is 25.5. The molecule has 3 fully saturated rings. The molecule has 1 aliphatic carbocycles. The van der Waals surface area contributed by atoms with Crippen LogP contribution in [0.5, 0.6) is 5.88 Å². The molecule has 7 rings (SSSR count). The van der Waals surface area contributed by atoms with Gasteiger partial charge >= 0.3 is 0 Å². The van der Waals surface area contributed by atoms with Crippen molar-refractivity contribution in [3.05, 3.63) is 47.8 Å². The van der Waals surface area contributed by atoms with E-state index in [1.165, 1.54) is 12.8 Å². The van der Waals surface area contributed by atoms with Gasteiger partial charge in [-0.3, -0.25) is 10.1 Å². The minimum Gasteiger partial charge on any atom is -0.476 e. The number of nitrogens with zero attached hydrogens (tertiary/aromatic N) is 5. The first-order valence-corrected chi connectivity index (χ1v) is 14.5. The molecule has 4 N–H and O–H groups in total. The molecule has 10 heteroatoms. The minimum absolute atomic E-state index is 0.00689. The lowest BCUT2D eigenvalue weighted by molar-refractivity contribution is 0.0708. The van der Waals surface area contributed by atoms with Crippen molar-refractivity contribution < 1.29 is 14.6 Å². The van der Waals surface area contributed by atoms with Crippen LogP contribution in [-0.2, 0) is 6.54 Å². The number of aliphatic hydroxyl groups is 1. The van der Waals surface area contributed by atoms with E-state index in [4.69, 9.17) is 15.6 Å². The smallest absolute Gasteiger partial charge is 0.255 e. The number of ether oxygens (including phenoxy) is 1. The van der Waals surface area contributed by atoms with Gasteiger partial charge in [-0.25, -0.2) is 9.50 Å². The van der Waals surface area contributed by atoms with Crippen molar-refractivity contribution in [2.24, 2.45) is 17.6 Å². The van der Waals surface area contributed by atoms with E-state index in [2.05, 4.69) is 27.9 Å². The fraction of sp³-hybridized carbons (Fsp3) is 0.500. The average molecular weight is 544 g/mol. The lowest BCUT2D eigenvalue weighted by Crippen LogP contribution is -2.45. The highest BCUT2D eigenvalue weighted by molar-refractivity contribution is 5.95. The zero-order valence-electron chi connectivity index (χ0n) is 22.9. The summed E-state index contributed by atoms with van der Waals surface area (Å²) in [6.07, 6.45) is 8.20. The molecule has 3 aliphatic rings. The molecule has 0 spiro atoms. The summed E-state index contributed by atoms with van der Waals surface area (Å²) in [7, 11) is 0. The van der Waals surface area contributed by atoms with Crippen molar-refractivity contribution in [3.8, 4) is 17.3 Å². The van der Waals surface area contributed by atoms with E-state index >= 15 is 0 Å². The molecule has 210 valence electrons. The van der Waals surface area contributed by atoms with Crippen LogP contribution in [-0.4, -0.2) is 73.6 Å². The number of pyridine rings is 2. The predicted octanol–water partition coefficient (Wildman–Crippen LogP) is 2.94. The molecule has 2 unspecified atom stereocenters. The number of aryl methyl sites for hydroxylation is 1. The van der Waals surface area contributed by atoms with Crippen LogP contribution < -0.4 is 15.8 Å². The topological polar surface area (TPSA) is 123 Å². The maximum Gasteiger partial charge on any atom is 0.255 e. The summed E-state index contributed by atoms with van der Waals surface area (Å²) in [4.78, 5) is 19.7. The number of likely N-dealkylation sites (tertiary alicyclic amines) is 1. The first-order chi connectivity index (χ1) is 19.4. The van der Waals surface area contributed by atoms with E-state index in [0.717, 1.165) is 65.8 Å². The lowest BCUT2D eigenvalue weighted by atomic mass is 10.1. The van der Waals surface area contributed by atoms with Gasteiger partial charge in [-0.05, 0) is 69.2 Å². The SMILES string of the molecule is Cc1c(-c2cc3ccnc(OCC4CNC(O)C4)c3n2CC2CC2)nn2cc(C(=O)N3CCC[C@@H](N)C3)ccc12. The van der Waals surface area contributed by atoms with Gasteiger partial charge in [0.2, 0.25) is 5.88 Å². The fourth-order valence-corrected chi connectivity index (χ4v) is 6.26. The molecule has 1 saturated carbocycles. The molecular weight excluding hydrogens is 506 g/mol. The third-order valence-electron chi connectivity index (χ3n) is 8.68. The highest BCUT2D eigenvalue weighted by Crippen LogP contribution is 2.39. The molecule has 10 nitrogen and oxygen atoms in total. The second-order valence-electron chi connectivity index (χ2n) is 11.8. The van der Waals surface area contributed by atoms with Gasteiger partial charge < -0.3 is 25.0 Å². The minimum atomic E-state index is -0.464. The predicted molar refractivity (Wildman–Crippen MR) is 152 cm³/mol. The molecule has 4 aromatic rings. The number of carbonyl (C=O) groups excluding carboxylic acids is 1. The molecule has 2 aliphatic heterocycles. The third-order valence-corrected chi connectivity index (χ3v) is 8.68. The number of rotatable bonds is 7. The number of nitrogens with two attached hydrogens (primary N) is 1. The van der Waals surface area contributed by atoms with Crippen molar-refractivity contribution in [3.63, 3.8) is 0 Å². The van der Waals surface area contributed by atoms with E-state index in [0.29, 0.717) is 36.9 Å². The molecule has 4 aromatic heterocycles. The average Bonchev–Trinajstić information content (AvgIpc) is 3.43. The largest absolute Gasteiger partial charge is 0.476 e. The summed E-state index contributed by atoms with van der Waals surface area (Å²) in [6, 6.07) is 8.15. The number of piperidine rings is 1. The van der Waals surface area contributed by atoms with Crippen LogP contribution >= 0.6 is 0 Å². The first-order valence-electron chi connectivity index (χ1n) is 14.5. The summed E-state index contributed by atoms with van der Waals surface area (Å²) >= 11 is 0. The van der Waals surface area contributed by atoms with Gasteiger partial charge in [0.15, 0.2) is 0 Å². The van der Waals surface area contributed by atoms with Crippen molar-refractivity contribution >= 4 is 22.3 Å². The standard InChI is InChI=1S/C30H37N7O3/c1-18-24-7-6-22(30(39)35-10-2-3-23(31)16-35)15-37(24)34-27(18)25-12-21-8-9-32-29(28(21)36(25)14-19-4-5-19)40-17-20-11-26(38)33-13-20/h6-9,12,15,19-20,23,26,33,38H,2-5,10-11,13-14,16-17,31H2,1H3/t20?,23-,26?/m1/s1. The van der Waals surface area contributed by atoms with Crippen LogP contribution in [0.3, 0.4) is 0 Å². The summed E-state index contributed by atoms with van der Waals surface area (Å²) < 4.78 is 10.4. The van der Waals surface area contributed by atoms with Crippen LogP contribution in [0.15, 0.2) is 36.7 Å². The monoisotopic (exact) mass is 543 g/mol. The van der Waals surface area contributed by atoms with Gasteiger partial charge in [0.05, 0.1) is 23.4 Å². The van der Waals surface area contributed by atoms with Crippen molar-refractivity contribution in [1.82, 2.24) is 29.4 Å². The quantitative estimate of drug-likeness (QED) is 0.328. The van der Waals surface area contributed by atoms with Crippen molar-refractivity contribution in [1.29, 1.82) is 0 Å². The number of aromatic nitrogens is 4. The number of nitrogens with one attached hydrogen (secondary N) is 1. The van der Waals surface area contributed by atoms with E-state index < -0.39 is 6.23 Å². The zero-order chi connectivity index (χ0) is 27.4. The Balaban J connectivity index is 1.25. The maximum atomic E-state index is 13.2. The van der Waals surface area contributed by atoms with Crippen molar-refractivity contribution in [2.75, 3.05) is 26.2 Å². The summed E-state index contributed by atoms with van der Waals surface area (Å²) in [6.45, 7) is 5.56. The number of aliphatic hydroxyl groups excluding tert-OH is 1. The number of hydrogen-bond donors (Lipinski definition) is 3. The molecule has 3 atom stereocenters. The van der Waals surface area contributed by atoms with Gasteiger partial charge in [0, 0.05) is 61.5 Å². The molecule has 0 radical (unpaired) electrons. The van der Waals surface area contributed by atoms with E-state index in [1.807, 2.05) is 33.8 Å². The van der Waals surface area contributed by atoms with E-state index in [9.17, 15) is 9.90 Å². The summed E-state index contributed by atoms with van der Waals surface area (Å²) in [5, 5.41) is 19.0. The highest BCUT2D eigenvalue weighted by atomic mass is 16.5.